The first-order valence-corrected chi connectivity index (χ1v) is 10.8. The van der Waals surface area contributed by atoms with Crippen LogP contribution in [-0.4, -0.2) is 38.7 Å². The Morgan fingerprint density at radius 1 is 1.16 bits per heavy atom. The van der Waals surface area contributed by atoms with Gasteiger partial charge in [-0.2, -0.15) is 0 Å². The minimum absolute atomic E-state index is 0.0752. The minimum atomic E-state index is -0.303. The number of hydrogen-bond acceptors (Lipinski definition) is 4. The minimum Gasteiger partial charge on any atom is -0.465 e. The molecule has 4 rings (SSSR count). The van der Waals surface area contributed by atoms with Crippen molar-refractivity contribution in [2.75, 3.05) is 13.2 Å². The average molecular weight is 435 g/mol. The van der Waals surface area contributed by atoms with E-state index in [1.807, 2.05) is 35.4 Å². The molecule has 2 aromatic heterocycles. The molecule has 0 aliphatic carbocycles. The third-order valence-corrected chi connectivity index (χ3v) is 6.01. The zero-order chi connectivity index (χ0) is 22.0. The van der Waals surface area contributed by atoms with Gasteiger partial charge in [0.05, 0.1) is 24.4 Å². The Hall–Kier alpha value is -3.19. The van der Waals surface area contributed by atoms with Crippen LogP contribution < -0.4 is 5.32 Å². The molecule has 3 aromatic rings. The molecule has 6 nitrogen and oxygen atoms in total. The van der Waals surface area contributed by atoms with Gasteiger partial charge in [0.15, 0.2) is 5.11 Å². The number of esters is 1. The Bertz CT molecular complexity index is 1100. The van der Waals surface area contributed by atoms with Gasteiger partial charge in [-0.3, -0.25) is 9.78 Å². The van der Waals surface area contributed by atoms with Crippen LogP contribution in [0.25, 0.3) is 5.69 Å². The third-order valence-electron chi connectivity index (χ3n) is 5.65. The van der Waals surface area contributed by atoms with Crippen molar-refractivity contribution in [3.63, 3.8) is 0 Å². The van der Waals surface area contributed by atoms with E-state index >= 15 is 0 Å². The maximum Gasteiger partial charge on any atom is 0.325 e. The average Bonchev–Trinajstić information content (AvgIpc) is 3.36. The summed E-state index contributed by atoms with van der Waals surface area (Å²) in [4.78, 5) is 18.8. The number of rotatable bonds is 6. The van der Waals surface area contributed by atoms with Crippen LogP contribution in [0.4, 0.5) is 0 Å². The second-order valence-corrected chi connectivity index (χ2v) is 8.02. The number of aryl methyl sites for hydroxylation is 2. The maximum atomic E-state index is 12.4. The fourth-order valence-electron chi connectivity index (χ4n) is 3.99. The van der Waals surface area contributed by atoms with Gasteiger partial charge in [-0.15, -0.1) is 0 Å². The molecule has 0 bridgehead atoms. The van der Waals surface area contributed by atoms with Crippen LogP contribution in [-0.2, 0) is 9.53 Å². The van der Waals surface area contributed by atoms with E-state index in [-0.39, 0.29) is 24.6 Å². The highest BCUT2D eigenvalue weighted by atomic mass is 32.1. The van der Waals surface area contributed by atoms with Gasteiger partial charge in [-0.1, -0.05) is 12.1 Å². The van der Waals surface area contributed by atoms with Gasteiger partial charge >= 0.3 is 5.97 Å². The molecule has 1 aliphatic heterocycles. The smallest absolute Gasteiger partial charge is 0.325 e. The number of carbonyl (C=O) groups excluding carboxylic acids is 1. The van der Waals surface area contributed by atoms with E-state index < -0.39 is 0 Å². The molecule has 0 saturated carbocycles. The number of ether oxygens (including phenoxy) is 1. The van der Waals surface area contributed by atoms with Crippen molar-refractivity contribution in [2.45, 2.75) is 32.9 Å². The van der Waals surface area contributed by atoms with Crippen molar-refractivity contribution >= 4 is 23.3 Å². The lowest BCUT2D eigenvalue weighted by atomic mass is 10.0. The van der Waals surface area contributed by atoms with E-state index in [2.05, 4.69) is 53.0 Å². The zero-order valence-corrected chi connectivity index (χ0v) is 18.7. The van der Waals surface area contributed by atoms with Crippen LogP contribution in [0, 0.1) is 13.8 Å². The fraction of sp³-hybridized carbons (Fsp3) is 0.292. The largest absolute Gasteiger partial charge is 0.465 e. The van der Waals surface area contributed by atoms with Crippen LogP contribution in [0.1, 0.15) is 41.5 Å². The first kappa shape index (κ1) is 21.1. The maximum absolute atomic E-state index is 12.4. The summed E-state index contributed by atoms with van der Waals surface area (Å²) in [6.45, 7) is 6.43. The highest BCUT2D eigenvalue weighted by Crippen LogP contribution is 2.39. The molecular weight excluding hydrogens is 408 g/mol. The summed E-state index contributed by atoms with van der Waals surface area (Å²) < 4.78 is 7.37. The number of carbonyl (C=O) groups is 1. The van der Waals surface area contributed by atoms with Crippen molar-refractivity contribution in [3.05, 3.63) is 83.4 Å². The molecule has 0 radical (unpaired) electrons. The summed E-state index contributed by atoms with van der Waals surface area (Å²) in [6, 6.07) is 15.9. The Morgan fingerprint density at radius 2 is 2.00 bits per heavy atom. The molecule has 7 heteroatoms. The van der Waals surface area contributed by atoms with Crippen LogP contribution in [0.15, 0.2) is 60.9 Å². The van der Waals surface area contributed by atoms with Crippen LogP contribution >= 0.6 is 12.2 Å². The van der Waals surface area contributed by atoms with Crippen molar-refractivity contribution in [1.82, 2.24) is 19.8 Å². The fourth-order valence-corrected chi connectivity index (χ4v) is 4.29. The Labute approximate surface area is 187 Å². The Morgan fingerprint density at radius 3 is 2.71 bits per heavy atom. The summed E-state index contributed by atoms with van der Waals surface area (Å²) in [6.07, 6.45) is 3.81. The second-order valence-electron chi connectivity index (χ2n) is 7.63. The molecular formula is C24H26N4O2S. The van der Waals surface area contributed by atoms with Gasteiger partial charge in [0, 0.05) is 23.8 Å². The normalized spacial score (nSPS) is 18.2. The third kappa shape index (κ3) is 4.18. The first-order chi connectivity index (χ1) is 15.0. The van der Waals surface area contributed by atoms with Gasteiger partial charge < -0.3 is 19.5 Å². The number of pyridine rings is 1. The van der Waals surface area contributed by atoms with E-state index in [0.717, 1.165) is 17.1 Å². The lowest BCUT2D eigenvalue weighted by Gasteiger charge is -2.28. The van der Waals surface area contributed by atoms with Crippen molar-refractivity contribution < 1.29 is 9.53 Å². The SMILES string of the molecule is CCOC(=O)CN1C(=S)NC(c2ccccn2)C1c1cccn1-c1ccc(C)c(C)c1. The number of benzene rings is 1. The predicted octanol–water partition coefficient (Wildman–Crippen LogP) is 4.02. The number of nitrogens with one attached hydrogen (secondary N) is 1. The van der Waals surface area contributed by atoms with Crippen LogP contribution in [0.3, 0.4) is 0 Å². The molecule has 2 unspecified atom stereocenters. The van der Waals surface area contributed by atoms with E-state index in [0.29, 0.717) is 11.7 Å². The van der Waals surface area contributed by atoms with Gasteiger partial charge in [-0.25, -0.2) is 0 Å². The monoisotopic (exact) mass is 434 g/mol. The van der Waals surface area contributed by atoms with Crippen molar-refractivity contribution in [3.8, 4) is 5.69 Å². The summed E-state index contributed by atoms with van der Waals surface area (Å²) in [5, 5.41) is 3.89. The lowest BCUT2D eigenvalue weighted by Crippen LogP contribution is -2.36. The Balaban J connectivity index is 1.79. The zero-order valence-electron chi connectivity index (χ0n) is 17.9. The molecule has 1 fully saturated rings. The molecule has 1 N–H and O–H groups in total. The van der Waals surface area contributed by atoms with Gasteiger partial charge in [0.2, 0.25) is 0 Å². The Kier molecular flexibility index (Phi) is 6.04. The highest BCUT2D eigenvalue weighted by molar-refractivity contribution is 7.80. The number of thiocarbonyl (C=S) groups is 1. The van der Waals surface area contributed by atoms with Gasteiger partial charge in [0.1, 0.15) is 6.54 Å². The second kappa shape index (κ2) is 8.89. The van der Waals surface area contributed by atoms with Crippen LogP contribution in [0.5, 0.6) is 0 Å². The number of aromatic nitrogens is 2. The molecule has 0 spiro atoms. The van der Waals surface area contributed by atoms with E-state index in [9.17, 15) is 4.79 Å². The molecule has 1 saturated heterocycles. The molecule has 2 atom stereocenters. The summed E-state index contributed by atoms with van der Waals surface area (Å²) in [5.41, 5.74) is 5.43. The lowest BCUT2D eigenvalue weighted by molar-refractivity contribution is -0.143. The van der Waals surface area contributed by atoms with Gasteiger partial charge in [0.25, 0.3) is 0 Å². The summed E-state index contributed by atoms with van der Waals surface area (Å²) >= 11 is 5.64. The quantitative estimate of drug-likeness (QED) is 0.467. The topological polar surface area (TPSA) is 59.4 Å². The molecule has 1 aliphatic rings. The standard InChI is InChI=1S/C24H26N4O2S/c1-4-30-21(29)15-28-23(22(26-24(28)31)19-8-5-6-12-25-19)20-9-7-13-27(20)18-11-10-16(2)17(3)14-18/h5-14,22-23H,4,15H2,1-3H3,(H,26,31). The number of hydrogen-bond donors (Lipinski definition) is 1. The van der Waals surface area contributed by atoms with E-state index in [4.69, 9.17) is 17.0 Å². The van der Waals surface area contributed by atoms with Crippen LogP contribution in [0.2, 0.25) is 0 Å². The molecule has 160 valence electrons. The van der Waals surface area contributed by atoms with E-state index in [1.165, 1.54) is 11.1 Å². The van der Waals surface area contributed by atoms with Crippen molar-refractivity contribution in [2.24, 2.45) is 0 Å². The summed E-state index contributed by atoms with van der Waals surface area (Å²) in [7, 11) is 0. The highest BCUT2D eigenvalue weighted by Gasteiger charge is 2.42. The number of nitrogens with zero attached hydrogens (tertiary/aromatic N) is 3. The summed E-state index contributed by atoms with van der Waals surface area (Å²) in [5.74, 6) is -0.303. The van der Waals surface area contributed by atoms with Gasteiger partial charge in [-0.05, 0) is 80.5 Å². The first-order valence-electron chi connectivity index (χ1n) is 10.4. The van der Waals surface area contributed by atoms with E-state index in [1.54, 1.807) is 13.1 Å². The molecule has 1 aromatic carbocycles. The van der Waals surface area contributed by atoms with Crippen molar-refractivity contribution in [1.29, 1.82) is 0 Å². The molecule has 3 heterocycles. The molecule has 31 heavy (non-hydrogen) atoms. The predicted molar refractivity (Wildman–Crippen MR) is 124 cm³/mol. The molecule has 0 amide bonds.